The zero-order valence-electron chi connectivity index (χ0n) is 13.8. The summed E-state index contributed by atoms with van der Waals surface area (Å²) in [5.74, 6) is -1.17. The fraction of sp³-hybridized carbons (Fsp3) is 0.438. The van der Waals surface area contributed by atoms with Crippen molar-refractivity contribution in [2.75, 3.05) is 6.61 Å². The summed E-state index contributed by atoms with van der Waals surface area (Å²) >= 11 is 0. The quantitative estimate of drug-likeness (QED) is 0.712. The molecule has 0 spiro atoms. The van der Waals surface area contributed by atoms with Crippen molar-refractivity contribution in [1.29, 1.82) is 0 Å². The lowest BCUT2D eigenvalue weighted by molar-refractivity contribution is -0.124. The van der Waals surface area contributed by atoms with Crippen molar-refractivity contribution < 1.29 is 19.1 Å². The Morgan fingerprint density at radius 2 is 1.83 bits per heavy atom. The van der Waals surface area contributed by atoms with Crippen LogP contribution >= 0.6 is 0 Å². The van der Waals surface area contributed by atoms with Crippen molar-refractivity contribution in [3.8, 4) is 5.75 Å². The Balaban J connectivity index is 2.78. The fourth-order valence-electron chi connectivity index (χ4n) is 1.75. The second-order valence-corrected chi connectivity index (χ2v) is 6.19. The van der Waals surface area contributed by atoms with Crippen LogP contribution in [-0.4, -0.2) is 35.9 Å². The van der Waals surface area contributed by atoms with Crippen molar-refractivity contribution in [3.63, 3.8) is 0 Å². The summed E-state index contributed by atoms with van der Waals surface area (Å²) in [6.45, 7) is 6.82. The van der Waals surface area contributed by atoms with Gasteiger partial charge in [0.1, 0.15) is 11.8 Å². The molecular weight excluding hydrogens is 298 g/mol. The highest BCUT2D eigenvalue weighted by Crippen LogP contribution is 2.17. The maximum Gasteiger partial charge on any atom is 0.255 e. The van der Waals surface area contributed by atoms with Crippen LogP contribution in [0.3, 0.4) is 0 Å². The van der Waals surface area contributed by atoms with Crippen LogP contribution in [0.25, 0.3) is 0 Å². The first-order valence-corrected chi connectivity index (χ1v) is 7.23. The lowest BCUT2D eigenvalue weighted by Crippen LogP contribution is -2.50. The molecule has 7 nitrogen and oxygen atoms in total. The summed E-state index contributed by atoms with van der Waals surface area (Å²) in [4.78, 5) is 35.1. The second kappa shape index (κ2) is 7.62. The van der Waals surface area contributed by atoms with Gasteiger partial charge in [-0.2, -0.15) is 0 Å². The van der Waals surface area contributed by atoms with Crippen LogP contribution in [0.5, 0.6) is 5.75 Å². The number of benzene rings is 1. The summed E-state index contributed by atoms with van der Waals surface area (Å²) in [5.41, 5.74) is 4.86. The molecule has 0 heterocycles. The number of ether oxygens (including phenoxy) is 1. The summed E-state index contributed by atoms with van der Waals surface area (Å²) in [5, 5.41) is 5.38. The van der Waals surface area contributed by atoms with E-state index < -0.39 is 23.4 Å². The minimum Gasteiger partial charge on any atom is -0.483 e. The summed E-state index contributed by atoms with van der Waals surface area (Å²) < 4.78 is 5.21. The SMILES string of the molecule is CC(NC(=O)c1ccccc1OCC(N)=O)C(=O)NC(C)(C)C. The van der Waals surface area contributed by atoms with Crippen LogP contribution in [0.4, 0.5) is 0 Å². The van der Waals surface area contributed by atoms with Gasteiger partial charge in [-0.05, 0) is 39.8 Å². The van der Waals surface area contributed by atoms with Crippen LogP contribution < -0.4 is 21.1 Å². The topological polar surface area (TPSA) is 111 Å². The first-order chi connectivity index (χ1) is 10.6. The van der Waals surface area contributed by atoms with Gasteiger partial charge in [0.05, 0.1) is 5.56 Å². The molecule has 4 N–H and O–H groups in total. The van der Waals surface area contributed by atoms with Gasteiger partial charge in [-0.1, -0.05) is 12.1 Å². The molecule has 126 valence electrons. The van der Waals surface area contributed by atoms with Crippen molar-refractivity contribution >= 4 is 17.7 Å². The predicted octanol–water partition coefficient (Wildman–Crippen LogP) is 0.584. The van der Waals surface area contributed by atoms with E-state index in [1.807, 2.05) is 20.8 Å². The molecule has 0 saturated carbocycles. The van der Waals surface area contributed by atoms with Gasteiger partial charge in [0.25, 0.3) is 11.8 Å². The van der Waals surface area contributed by atoms with Crippen LogP contribution in [0.15, 0.2) is 24.3 Å². The summed E-state index contributed by atoms with van der Waals surface area (Å²) in [6.07, 6.45) is 0. The van der Waals surface area contributed by atoms with E-state index in [4.69, 9.17) is 10.5 Å². The highest BCUT2D eigenvalue weighted by Gasteiger charge is 2.22. The molecule has 0 bridgehead atoms. The average molecular weight is 321 g/mol. The molecule has 0 radical (unpaired) electrons. The molecule has 0 aliphatic carbocycles. The fourth-order valence-corrected chi connectivity index (χ4v) is 1.75. The molecule has 3 amide bonds. The monoisotopic (exact) mass is 321 g/mol. The molecular formula is C16H23N3O4. The number of primary amides is 1. The van der Waals surface area contributed by atoms with Gasteiger partial charge in [-0.15, -0.1) is 0 Å². The van der Waals surface area contributed by atoms with Gasteiger partial charge in [-0.3, -0.25) is 14.4 Å². The van der Waals surface area contributed by atoms with E-state index in [-0.39, 0.29) is 23.8 Å². The van der Waals surface area contributed by atoms with Crippen LogP contribution in [0.2, 0.25) is 0 Å². The van der Waals surface area contributed by atoms with Crippen molar-refractivity contribution in [2.24, 2.45) is 5.73 Å². The Labute approximate surface area is 135 Å². The zero-order chi connectivity index (χ0) is 17.6. The molecule has 7 heteroatoms. The molecule has 0 aliphatic heterocycles. The Hall–Kier alpha value is -2.57. The maximum absolute atomic E-state index is 12.3. The smallest absolute Gasteiger partial charge is 0.255 e. The van der Waals surface area contributed by atoms with Gasteiger partial charge in [0, 0.05) is 5.54 Å². The Morgan fingerprint density at radius 3 is 2.39 bits per heavy atom. The Morgan fingerprint density at radius 1 is 1.22 bits per heavy atom. The predicted molar refractivity (Wildman–Crippen MR) is 86.0 cm³/mol. The van der Waals surface area contributed by atoms with Crippen LogP contribution in [0.1, 0.15) is 38.1 Å². The number of amides is 3. The number of nitrogens with two attached hydrogens (primary N) is 1. The van der Waals surface area contributed by atoms with E-state index in [9.17, 15) is 14.4 Å². The molecule has 1 unspecified atom stereocenters. The lowest BCUT2D eigenvalue weighted by Gasteiger charge is -2.23. The van der Waals surface area contributed by atoms with E-state index >= 15 is 0 Å². The highest BCUT2D eigenvalue weighted by atomic mass is 16.5. The van der Waals surface area contributed by atoms with Crippen molar-refractivity contribution in [1.82, 2.24) is 10.6 Å². The van der Waals surface area contributed by atoms with E-state index in [2.05, 4.69) is 10.6 Å². The third kappa shape index (κ3) is 6.37. The lowest BCUT2D eigenvalue weighted by atomic mass is 10.1. The minimum absolute atomic E-state index is 0.226. The van der Waals surface area contributed by atoms with Crippen molar-refractivity contribution in [3.05, 3.63) is 29.8 Å². The first kappa shape index (κ1) is 18.5. The van der Waals surface area contributed by atoms with Gasteiger partial charge < -0.3 is 21.1 Å². The summed E-state index contributed by atoms with van der Waals surface area (Å²) in [6, 6.07) is 5.71. The summed E-state index contributed by atoms with van der Waals surface area (Å²) in [7, 11) is 0. The molecule has 0 saturated heterocycles. The molecule has 0 aromatic heterocycles. The number of nitrogens with one attached hydrogen (secondary N) is 2. The van der Waals surface area contributed by atoms with Gasteiger partial charge in [0.15, 0.2) is 6.61 Å². The number of hydrogen-bond acceptors (Lipinski definition) is 4. The minimum atomic E-state index is -0.717. The molecule has 1 aromatic rings. The van der Waals surface area contributed by atoms with Crippen LogP contribution in [-0.2, 0) is 9.59 Å². The largest absolute Gasteiger partial charge is 0.483 e. The molecule has 23 heavy (non-hydrogen) atoms. The third-order valence-electron chi connectivity index (χ3n) is 2.74. The van der Waals surface area contributed by atoms with E-state index in [1.165, 1.54) is 0 Å². The number of hydrogen-bond donors (Lipinski definition) is 3. The highest BCUT2D eigenvalue weighted by molar-refractivity contribution is 5.99. The second-order valence-electron chi connectivity index (χ2n) is 6.19. The van der Waals surface area contributed by atoms with Gasteiger partial charge in [0.2, 0.25) is 5.91 Å². The standard InChI is InChI=1S/C16H23N3O4/c1-10(14(21)19-16(2,3)4)18-15(22)11-7-5-6-8-12(11)23-9-13(17)20/h5-8,10H,9H2,1-4H3,(H2,17,20)(H,18,22)(H,19,21). The number of rotatable bonds is 6. The van der Waals surface area contributed by atoms with Crippen LogP contribution in [0, 0.1) is 0 Å². The van der Waals surface area contributed by atoms with E-state index in [0.717, 1.165) is 0 Å². The average Bonchev–Trinajstić information content (AvgIpc) is 2.43. The number of para-hydroxylation sites is 1. The maximum atomic E-state index is 12.3. The third-order valence-corrected chi connectivity index (χ3v) is 2.74. The van der Waals surface area contributed by atoms with Gasteiger partial charge in [-0.25, -0.2) is 0 Å². The number of carbonyl (C=O) groups excluding carboxylic acids is 3. The zero-order valence-corrected chi connectivity index (χ0v) is 13.8. The Kier molecular flexibility index (Phi) is 6.12. The van der Waals surface area contributed by atoms with E-state index in [1.54, 1.807) is 31.2 Å². The molecule has 1 aromatic carbocycles. The normalized spacial score (nSPS) is 12.2. The van der Waals surface area contributed by atoms with E-state index in [0.29, 0.717) is 0 Å². The van der Waals surface area contributed by atoms with Crippen molar-refractivity contribution in [2.45, 2.75) is 39.3 Å². The number of carbonyl (C=O) groups is 3. The first-order valence-electron chi connectivity index (χ1n) is 7.23. The molecule has 0 fully saturated rings. The molecule has 1 atom stereocenters. The van der Waals surface area contributed by atoms with Gasteiger partial charge >= 0.3 is 0 Å². The Bertz CT molecular complexity index is 593. The molecule has 1 rings (SSSR count). The molecule has 0 aliphatic rings.